The Hall–Kier alpha value is -4.81. The summed E-state index contributed by atoms with van der Waals surface area (Å²) in [6, 6.07) is 7.72. The van der Waals surface area contributed by atoms with Crippen molar-refractivity contribution in [1.29, 1.82) is 0 Å². The zero-order valence-electron chi connectivity index (χ0n) is 30.6. The molecule has 0 bridgehead atoms. The number of nitrogens with zero attached hydrogens (tertiary/aromatic N) is 9. The molecule has 14 nitrogen and oxygen atoms in total. The molecule has 0 amide bonds. The molecule has 0 unspecified atom stereocenters. The summed E-state index contributed by atoms with van der Waals surface area (Å²) < 4.78 is 21.7. The summed E-state index contributed by atoms with van der Waals surface area (Å²) in [5.74, 6) is 5.88. The lowest BCUT2D eigenvalue weighted by molar-refractivity contribution is 0.137. The van der Waals surface area contributed by atoms with Crippen molar-refractivity contribution < 1.29 is 24.1 Å². The number of methoxy groups -OCH3 is 4. The Balaban J connectivity index is 0.000000162. The molecule has 4 aromatic rings. The van der Waals surface area contributed by atoms with Gasteiger partial charge in [0.2, 0.25) is 0 Å². The molecule has 2 saturated heterocycles. The van der Waals surface area contributed by atoms with Gasteiger partial charge < -0.3 is 33.9 Å². The van der Waals surface area contributed by atoms with E-state index < -0.39 is 0 Å². The second-order valence-electron chi connectivity index (χ2n) is 14.6. The lowest BCUT2D eigenvalue weighted by Crippen LogP contribution is -2.38. The van der Waals surface area contributed by atoms with Crippen molar-refractivity contribution in [2.45, 2.75) is 51.4 Å². The van der Waals surface area contributed by atoms with E-state index in [0.717, 1.165) is 85.3 Å². The number of aliphatic hydroxyl groups is 1. The molecule has 1 N–H and O–H groups in total. The van der Waals surface area contributed by atoms with Crippen LogP contribution in [0.5, 0.6) is 23.0 Å². The molecule has 4 aliphatic rings. The van der Waals surface area contributed by atoms with Crippen molar-refractivity contribution in [1.82, 2.24) is 19.9 Å². The number of ether oxygens (including phenoxy) is 4. The number of hydrogen-bond donors (Lipinski definition) is 1. The molecule has 0 radical (unpaired) electrons. The molecule has 8 rings (SSSR count). The molecule has 2 aliphatic carbocycles. The van der Waals surface area contributed by atoms with E-state index in [1.165, 1.54) is 25.7 Å². The Kier molecular flexibility index (Phi) is 10.3. The van der Waals surface area contributed by atoms with Gasteiger partial charge in [0.25, 0.3) is 0 Å². The van der Waals surface area contributed by atoms with Crippen molar-refractivity contribution in [2.24, 2.45) is 27.8 Å². The van der Waals surface area contributed by atoms with Crippen LogP contribution in [0.2, 0.25) is 0 Å². The highest BCUT2D eigenvalue weighted by molar-refractivity contribution is 5.93. The first kappa shape index (κ1) is 35.6. The van der Waals surface area contributed by atoms with E-state index in [-0.39, 0.29) is 10.8 Å². The molecular formula is C38H49N9O5. The second kappa shape index (κ2) is 15.0. The maximum Gasteiger partial charge on any atom is 0.162 e. The smallest absolute Gasteiger partial charge is 0.162 e. The highest BCUT2D eigenvalue weighted by Crippen LogP contribution is 2.56. The van der Waals surface area contributed by atoms with Gasteiger partial charge in [-0.15, -0.1) is 0 Å². The molecule has 4 heterocycles. The standard InChI is InChI=1S/C19H24N6O2.C19H25N3O3/c1-26-16-9-14-15(10-17(16)27-2)21-12-22-18(14)25-7-3-13(4-8-25)19(5-6-19)11-23-24-20;1-24-16-9-14-15(10-17(16)25-2)20-12-21-18(14)22-7-3-13(4-8-22)19(11-23)5-6-19/h9-10,12-13H,3-8,11H2,1-2H3;9-10,12-13,23H,3-8,11H2,1-2H3. The number of azide groups is 1. The minimum atomic E-state index is 0.219. The predicted molar refractivity (Wildman–Crippen MR) is 200 cm³/mol. The normalized spacial score (nSPS) is 19.3. The van der Waals surface area contributed by atoms with Crippen molar-refractivity contribution in [2.75, 3.05) is 77.6 Å². The van der Waals surface area contributed by atoms with Gasteiger partial charge in [-0.2, -0.15) is 0 Å². The van der Waals surface area contributed by atoms with Gasteiger partial charge in [-0.1, -0.05) is 5.11 Å². The average molecular weight is 712 g/mol. The molecule has 2 aromatic carbocycles. The van der Waals surface area contributed by atoms with Crippen LogP contribution in [0.25, 0.3) is 32.2 Å². The summed E-state index contributed by atoms with van der Waals surface area (Å²) in [5.41, 5.74) is 10.8. The molecule has 0 atom stereocenters. The van der Waals surface area contributed by atoms with E-state index in [4.69, 9.17) is 24.5 Å². The van der Waals surface area contributed by atoms with Gasteiger partial charge >= 0.3 is 0 Å². The summed E-state index contributed by atoms with van der Waals surface area (Å²) in [6.45, 7) is 4.80. The van der Waals surface area contributed by atoms with E-state index in [1.807, 2.05) is 24.3 Å². The number of rotatable bonds is 11. The molecular weight excluding hydrogens is 662 g/mol. The summed E-state index contributed by atoms with van der Waals surface area (Å²) in [5, 5.41) is 15.5. The number of piperidine rings is 2. The third-order valence-corrected chi connectivity index (χ3v) is 12.1. The fourth-order valence-electron chi connectivity index (χ4n) is 8.53. The Bertz CT molecular complexity index is 1930. The van der Waals surface area contributed by atoms with E-state index in [2.05, 4.69) is 39.8 Å². The van der Waals surface area contributed by atoms with Gasteiger partial charge in [-0.25, -0.2) is 19.9 Å². The summed E-state index contributed by atoms with van der Waals surface area (Å²) in [4.78, 5) is 25.5. The summed E-state index contributed by atoms with van der Waals surface area (Å²) in [6.07, 6.45) is 12.4. The molecule has 14 heteroatoms. The van der Waals surface area contributed by atoms with Crippen LogP contribution in [0.4, 0.5) is 11.6 Å². The average Bonchev–Trinajstić information content (AvgIpc) is 4.15. The van der Waals surface area contributed by atoms with Gasteiger partial charge in [0.15, 0.2) is 23.0 Å². The van der Waals surface area contributed by atoms with Gasteiger partial charge in [0.05, 0.1) is 39.5 Å². The zero-order chi connectivity index (χ0) is 36.3. The van der Waals surface area contributed by atoms with Crippen LogP contribution in [0, 0.1) is 22.7 Å². The maximum absolute atomic E-state index is 9.68. The lowest BCUT2D eigenvalue weighted by Gasteiger charge is -2.37. The predicted octanol–water partition coefficient (Wildman–Crippen LogP) is 6.59. The van der Waals surface area contributed by atoms with Crippen LogP contribution < -0.4 is 28.7 Å². The van der Waals surface area contributed by atoms with E-state index in [1.54, 1.807) is 41.1 Å². The van der Waals surface area contributed by atoms with Crippen LogP contribution in [-0.2, 0) is 0 Å². The number of hydrogen-bond acceptors (Lipinski definition) is 12. The highest BCUT2D eigenvalue weighted by Gasteiger charge is 2.50. The summed E-state index contributed by atoms with van der Waals surface area (Å²) >= 11 is 0. The molecule has 2 aliphatic heterocycles. The monoisotopic (exact) mass is 711 g/mol. The molecule has 0 spiro atoms. The molecule has 2 saturated carbocycles. The lowest BCUT2D eigenvalue weighted by atomic mass is 9.81. The maximum atomic E-state index is 9.68. The minimum Gasteiger partial charge on any atom is -0.493 e. The van der Waals surface area contributed by atoms with Gasteiger partial charge in [-0.05, 0) is 91.7 Å². The topological polar surface area (TPSA) is 164 Å². The second-order valence-corrected chi connectivity index (χ2v) is 14.6. The quantitative estimate of drug-likeness (QED) is 0.101. The third kappa shape index (κ3) is 6.89. The Morgan fingerprint density at radius 1 is 0.673 bits per heavy atom. The van der Waals surface area contributed by atoms with Crippen LogP contribution in [0.15, 0.2) is 42.0 Å². The van der Waals surface area contributed by atoms with Crippen molar-refractivity contribution >= 4 is 33.4 Å². The van der Waals surface area contributed by atoms with Gasteiger partial charge in [0, 0.05) is 67.1 Å². The van der Waals surface area contributed by atoms with E-state index in [0.29, 0.717) is 48.0 Å². The first-order valence-corrected chi connectivity index (χ1v) is 18.3. The number of benzene rings is 2. The number of fused-ring (bicyclic) bond motifs is 2. The minimum absolute atomic E-state index is 0.219. The van der Waals surface area contributed by atoms with Crippen LogP contribution in [0.3, 0.4) is 0 Å². The molecule has 4 fully saturated rings. The Morgan fingerprint density at radius 3 is 1.44 bits per heavy atom. The number of anilines is 2. The van der Waals surface area contributed by atoms with Crippen LogP contribution in [-0.4, -0.2) is 92.8 Å². The first-order valence-electron chi connectivity index (χ1n) is 18.3. The fraction of sp³-hybridized carbons (Fsp3) is 0.579. The highest BCUT2D eigenvalue weighted by atomic mass is 16.5. The van der Waals surface area contributed by atoms with E-state index >= 15 is 0 Å². The fourth-order valence-corrected chi connectivity index (χ4v) is 8.53. The molecule has 52 heavy (non-hydrogen) atoms. The first-order chi connectivity index (χ1) is 25.4. The Morgan fingerprint density at radius 2 is 1.08 bits per heavy atom. The summed E-state index contributed by atoms with van der Waals surface area (Å²) in [7, 11) is 6.53. The Labute approximate surface area is 304 Å². The number of aliphatic hydroxyl groups excluding tert-OH is 1. The van der Waals surface area contributed by atoms with Crippen molar-refractivity contribution in [3.05, 3.63) is 47.4 Å². The third-order valence-electron chi connectivity index (χ3n) is 12.1. The molecule has 276 valence electrons. The van der Waals surface area contributed by atoms with Crippen molar-refractivity contribution in [3.63, 3.8) is 0 Å². The van der Waals surface area contributed by atoms with Crippen LogP contribution in [0.1, 0.15) is 51.4 Å². The molecule has 2 aromatic heterocycles. The van der Waals surface area contributed by atoms with Gasteiger partial charge in [0.1, 0.15) is 24.3 Å². The van der Waals surface area contributed by atoms with Crippen LogP contribution >= 0.6 is 0 Å². The number of aromatic nitrogens is 4. The zero-order valence-corrected chi connectivity index (χ0v) is 30.6. The SMILES string of the molecule is COc1cc2ncnc(N3CCC(C4(CN=[N+]=[N-])CC4)CC3)c2cc1OC.COc1cc2ncnc(N3CCC(C4(CO)CC4)CC3)c2cc1OC. The largest absolute Gasteiger partial charge is 0.493 e. The van der Waals surface area contributed by atoms with E-state index in [9.17, 15) is 5.11 Å². The van der Waals surface area contributed by atoms with Gasteiger partial charge in [-0.3, -0.25) is 0 Å². The van der Waals surface area contributed by atoms with Crippen molar-refractivity contribution in [3.8, 4) is 23.0 Å².